The number of nitrogens with zero attached hydrogens (tertiary/aromatic N) is 1. The number of hydrogen-bond donors (Lipinski definition) is 1. The molecule has 2 unspecified atom stereocenters. The third-order valence-electron chi connectivity index (χ3n) is 5.56. The first-order chi connectivity index (χ1) is 13.5. The second-order valence-corrected chi connectivity index (χ2v) is 8.25. The van der Waals surface area contributed by atoms with E-state index in [9.17, 15) is 14.4 Å². The van der Waals surface area contributed by atoms with Gasteiger partial charge in [0.15, 0.2) is 0 Å². The van der Waals surface area contributed by atoms with E-state index in [1.807, 2.05) is 4.90 Å². The Morgan fingerprint density at radius 1 is 1.07 bits per heavy atom. The number of fused-ring (bicyclic) bond motifs is 1. The number of likely N-dealkylation sites (tertiary alicyclic amines) is 1. The number of carbonyl (C=O) groups is 3. The van der Waals surface area contributed by atoms with Gasteiger partial charge in [0.25, 0.3) is 0 Å². The highest BCUT2D eigenvalue weighted by Gasteiger charge is 2.38. The monoisotopic (exact) mass is 408 g/mol. The van der Waals surface area contributed by atoms with Crippen molar-refractivity contribution in [2.75, 3.05) is 25.1 Å². The summed E-state index contributed by atoms with van der Waals surface area (Å²) in [7, 11) is 0. The Kier molecular flexibility index (Phi) is 6.59. The average molecular weight is 409 g/mol. The van der Waals surface area contributed by atoms with E-state index in [2.05, 4.69) is 5.32 Å². The second-order valence-electron chi connectivity index (χ2n) is 7.23. The minimum atomic E-state index is -0.542. The van der Waals surface area contributed by atoms with Gasteiger partial charge in [0.2, 0.25) is 0 Å². The third kappa shape index (κ3) is 4.01. The third-order valence-corrected chi connectivity index (χ3v) is 6.75. The number of esters is 2. The van der Waals surface area contributed by atoms with Crippen LogP contribution in [0.25, 0.3) is 0 Å². The Morgan fingerprint density at radius 2 is 1.75 bits per heavy atom. The van der Waals surface area contributed by atoms with Crippen molar-refractivity contribution in [3.63, 3.8) is 0 Å². The molecule has 0 aromatic carbocycles. The molecule has 3 rings (SSSR count). The lowest BCUT2D eigenvalue weighted by molar-refractivity contribution is 0.0527. The van der Waals surface area contributed by atoms with Gasteiger partial charge in [-0.2, -0.15) is 0 Å². The molecule has 2 fully saturated rings. The van der Waals surface area contributed by atoms with E-state index in [0.717, 1.165) is 37.1 Å². The standard InChI is InChI=1S/C20H28N2O5S/c1-4-26-18(23)15-12(3)16(19(24)27-5-2)28-17(15)21-20(25)22-11-7-9-13-8-6-10-14(13)22/h13-14H,4-11H2,1-3H3,(H,21,25). The van der Waals surface area contributed by atoms with Crippen LogP contribution in [0.2, 0.25) is 0 Å². The van der Waals surface area contributed by atoms with Gasteiger partial charge in [0, 0.05) is 12.6 Å². The number of amides is 2. The lowest BCUT2D eigenvalue weighted by atomic mass is 9.92. The Balaban J connectivity index is 1.87. The number of thiophene rings is 1. The Bertz CT molecular complexity index is 760. The SMILES string of the molecule is CCOC(=O)c1sc(NC(=O)N2CCCC3CCCC32)c(C(=O)OCC)c1C. The number of piperidine rings is 1. The van der Waals surface area contributed by atoms with Crippen molar-refractivity contribution in [1.29, 1.82) is 0 Å². The summed E-state index contributed by atoms with van der Waals surface area (Å²) >= 11 is 1.07. The number of hydrogen-bond acceptors (Lipinski definition) is 6. The fourth-order valence-corrected chi connectivity index (χ4v) is 5.40. The Labute approximate surface area is 169 Å². The number of anilines is 1. The zero-order valence-corrected chi connectivity index (χ0v) is 17.5. The molecule has 154 valence electrons. The largest absolute Gasteiger partial charge is 0.462 e. The molecule has 0 bridgehead atoms. The maximum Gasteiger partial charge on any atom is 0.348 e. The first-order valence-corrected chi connectivity index (χ1v) is 10.8. The summed E-state index contributed by atoms with van der Waals surface area (Å²) in [5, 5.41) is 3.24. The Morgan fingerprint density at radius 3 is 2.46 bits per heavy atom. The van der Waals surface area contributed by atoms with E-state index in [-0.39, 0.29) is 30.9 Å². The summed E-state index contributed by atoms with van der Waals surface area (Å²) in [5.41, 5.74) is 0.720. The minimum absolute atomic E-state index is 0.209. The predicted molar refractivity (Wildman–Crippen MR) is 107 cm³/mol. The second kappa shape index (κ2) is 8.94. The predicted octanol–water partition coefficient (Wildman–Crippen LogP) is 4.21. The molecule has 1 aromatic heterocycles. The Hall–Kier alpha value is -2.09. The van der Waals surface area contributed by atoms with Crippen LogP contribution < -0.4 is 5.32 Å². The summed E-state index contributed by atoms with van der Waals surface area (Å²) in [6.07, 6.45) is 5.52. The van der Waals surface area contributed by atoms with E-state index < -0.39 is 11.9 Å². The van der Waals surface area contributed by atoms with E-state index in [4.69, 9.17) is 9.47 Å². The molecule has 2 aliphatic rings. The van der Waals surface area contributed by atoms with Crippen molar-refractivity contribution in [1.82, 2.24) is 4.90 Å². The minimum Gasteiger partial charge on any atom is -0.462 e. The fourth-order valence-electron chi connectivity index (χ4n) is 4.32. The van der Waals surface area contributed by atoms with Crippen LogP contribution >= 0.6 is 11.3 Å². The molecule has 28 heavy (non-hydrogen) atoms. The van der Waals surface area contributed by atoms with Gasteiger partial charge in [-0.1, -0.05) is 6.42 Å². The van der Waals surface area contributed by atoms with E-state index in [0.29, 0.717) is 21.4 Å². The molecule has 0 spiro atoms. The van der Waals surface area contributed by atoms with Crippen LogP contribution in [0.15, 0.2) is 0 Å². The molecular weight excluding hydrogens is 380 g/mol. The number of ether oxygens (including phenoxy) is 2. The summed E-state index contributed by atoms with van der Waals surface area (Å²) in [6, 6.07) is 0.0594. The van der Waals surface area contributed by atoms with Gasteiger partial charge in [-0.25, -0.2) is 14.4 Å². The molecule has 1 saturated carbocycles. The van der Waals surface area contributed by atoms with Gasteiger partial charge in [0.1, 0.15) is 9.88 Å². The summed E-state index contributed by atoms with van der Waals surface area (Å²) < 4.78 is 10.2. The van der Waals surface area contributed by atoms with E-state index in [1.54, 1.807) is 20.8 Å². The van der Waals surface area contributed by atoms with Crippen molar-refractivity contribution in [2.45, 2.75) is 58.9 Å². The molecule has 2 heterocycles. The molecule has 2 amide bonds. The lowest BCUT2D eigenvalue weighted by Gasteiger charge is -2.37. The van der Waals surface area contributed by atoms with Gasteiger partial charge >= 0.3 is 18.0 Å². The normalized spacial score (nSPS) is 21.2. The summed E-state index contributed by atoms with van der Waals surface area (Å²) in [5.74, 6) is -0.464. The number of carbonyl (C=O) groups excluding carboxylic acids is 3. The summed E-state index contributed by atoms with van der Waals surface area (Å²) in [6.45, 7) is 6.30. The van der Waals surface area contributed by atoms with Crippen molar-refractivity contribution >= 4 is 34.3 Å². The highest BCUT2D eigenvalue weighted by atomic mass is 32.1. The maximum atomic E-state index is 13.0. The van der Waals surface area contributed by atoms with Crippen LogP contribution in [-0.2, 0) is 9.47 Å². The molecule has 8 heteroatoms. The zero-order valence-electron chi connectivity index (χ0n) is 16.7. The molecular formula is C20H28N2O5S. The first-order valence-electron chi connectivity index (χ1n) is 10.0. The van der Waals surface area contributed by atoms with Crippen LogP contribution in [0, 0.1) is 12.8 Å². The molecule has 0 radical (unpaired) electrons. The molecule has 1 aliphatic heterocycles. The van der Waals surface area contributed by atoms with Crippen LogP contribution in [0.5, 0.6) is 0 Å². The van der Waals surface area contributed by atoms with Crippen LogP contribution in [0.4, 0.5) is 9.80 Å². The van der Waals surface area contributed by atoms with Gasteiger partial charge in [-0.05, 0) is 57.9 Å². The molecule has 1 aromatic rings. The van der Waals surface area contributed by atoms with Gasteiger partial charge in [-0.3, -0.25) is 5.32 Å². The van der Waals surface area contributed by atoms with Crippen molar-refractivity contribution in [3.8, 4) is 0 Å². The highest BCUT2D eigenvalue weighted by molar-refractivity contribution is 7.18. The molecule has 1 N–H and O–H groups in total. The molecule has 7 nitrogen and oxygen atoms in total. The quantitative estimate of drug-likeness (QED) is 0.738. The first kappa shape index (κ1) is 20.6. The van der Waals surface area contributed by atoms with Gasteiger partial charge < -0.3 is 14.4 Å². The van der Waals surface area contributed by atoms with Crippen LogP contribution in [0.3, 0.4) is 0 Å². The molecule has 2 atom stereocenters. The smallest absolute Gasteiger partial charge is 0.348 e. The van der Waals surface area contributed by atoms with Gasteiger partial charge in [0.05, 0.1) is 18.8 Å². The van der Waals surface area contributed by atoms with Crippen molar-refractivity contribution in [3.05, 3.63) is 16.0 Å². The van der Waals surface area contributed by atoms with Gasteiger partial charge in [-0.15, -0.1) is 11.3 Å². The number of urea groups is 1. The topological polar surface area (TPSA) is 84.9 Å². The average Bonchev–Trinajstić information content (AvgIpc) is 3.26. The lowest BCUT2D eigenvalue weighted by Crippen LogP contribution is -2.48. The highest BCUT2D eigenvalue weighted by Crippen LogP contribution is 2.38. The van der Waals surface area contributed by atoms with Crippen molar-refractivity contribution < 1.29 is 23.9 Å². The zero-order chi connectivity index (χ0) is 20.3. The summed E-state index contributed by atoms with van der Waals surface area (Å²) in [4.78, 5) is 40.0. The number of nitrogens with one attached hydrogen (secondary N) is 1. The molecule has 1 saturated heterocycles. The van der Waals surface area contributed by atoms with Crippen molar-refractivity contribution in [2.24, 2.45) is 5.92 Å². The molecule has 1 aliphatic carbocycles. The van der Waals surface area contributed by atoms with Crippen LogP contribution in [-0.4, -0.2) is 48.7 Å². The van der Waals surface area contributed by atoms with E-state index in [1.165, 1.54) is 12.8 Å². The maximum absolute atomic E-state index is 13.0. The van der Waals surface area contributed by atoms with Crippen LogP contribution in [0.1, 0.15) is 71.5 Å². The fraction of sp³-hybridized carbons (Fsp3) is 0.650. The van der Waals surface area contributed by atoms with E-state index >= 15 is 0 Å². The number of rotatable bonds is 5.